The van der Waals surface area contributed by atoms with Crippen LogP contribution in [0.5, 0.6) is 0 Å². The fourth-order valence-electron chi connectivity index (χ4n) is 4.46. The molecule has 0 fully saturated rings. The van der Waals surface area contributed by atoms with E-state index in [1.54, 1.807) is 52.1 Å². The van der Waals surface area contributed by atoms with Gasteiger partial charge in [0, 0.05) is 69.5 Å². The smallest absolute Gasteiger partial charge is 0.409 e. The molecule has 0 radical (unpaired) electrons. The number of nitrogens with one attached hydrogen (secondary N) is 3. The number of urea groups is 1. The van der Waals surface area contributed by atoms with E-state index in [0.29, 0.717) is 31.6 Å². The van der Waals surface area contributed by atoms with Crippen LogP contribution in [0.1, 0.15) is 85.6 Å². The molecule has 1 rings (SSSR count). The number of hydrogen-bond donors (Lipinski definition) is 4. The van der Waals surface area contributed by atoms with Crippen molar-refractivity contribution >= 4 is 41.2 Å². The Hall–Kier alpha value is -4.00. The molecule has 1 aromatic rings. The molecular weight excluding hydrogens is 604 g/mol. The summed E-state index contributed by atoms with van der Waals surface area (Å²) < 4.78 is 5.44. The van der Waals surface area contributed by atoms with E-state index in [2.05, 4.69) is 41.6 Å². The van der Waals surface area contributed by atoms with E-state index < -0.39 is 30.0 Å². The average Bonchev–Trinajstić information content (AvgIpc) is 3.00. The number of benzene rings is 1. The summed E-state index contributed by atoms with van der Waals surface area (Å²) in [6.45, 7) is 13.2. The first-order valence-corrected chi connectivity index (χ1v) is 16.3. The van der Waals surface area contributed by atoms with Crippen molar-refractivity contribution in [1.29, 1.82) is 0 Å². The summed E-state index contributed by atoms with van der Waals surface area (Å²) in [6, 6.07) is 5.34. The maximum Gasteiger partial charge on any atom is 0.409 e. The molecule has 0 aliphatic carbocycles. The second kappa shape index (κ2) is 20.3. The molecular formula is C34H56N6O7. The fourth-order valence-corrected chi connectivity index (χ4v) is 4.46. The van der Waals surface area contributed by atoms with Crippen LogP contribution < -0.4 is 21.7 Å². The first-order chi connectivity index (χ1) is 21.9. The van der Waals surface area contributed by atoms with Crippen molar-refractivity contribution in [1.82, 2.24) is 20.4 Å². The largest absolute Gasteiger partial charge is 0.445 e. The molecule has 0 saturated heterocycles. The number of ether oxygens (including phenoxy) is 1. The van der Waals surface area contributed by atoms with Gasteiger partial charge in [0.2, 0.25) is 11.8 Å². The molecule has 264 valence electrons. The van der Waals surface area contributed by atoms with Crippen LogP contribution in [0.25, 0.3) is 0 Å². The van der Waals surface area contributed by atoms with E-state index in [0.717, 1.165) is 5.56 Å². The van der Waals surface area contributed by atoms with Gasteiger partial charge in [-0.05, 0) is 64.3 Å². The molecule has 0 bridgehead atoms. The first kappa shape index (κ1) is 41.0. The highest BCUT2D eigenvalue weighted by molar-refractivity contribution is 5.97. The van der Waals surface area contributed by atoms with Gasteiger partial charge in [0.1, 0.15) is 12.4 Å². The predicted octanol–water partition coefficient (Wildman–Crippen LogP) is 3.85. The number of Topliss-reactive ketones (excluding diaryl/α,β-unsaturated/α-hetero) is 2. The molecule has 13 nitrogen and oxygen atoms in total. The summed E-state index contributed by atoms with van der Waals surface area (Å²) in [7, 11) is 3.69. The monoisotopic (exact) mass is 660 g/mol. The molecule has 1 aromatic carbocycles. The minimum Gasteiger partial charge on any atom is -0.445 e. The summed E-state index contributed by atoms with van der Waals surface area (Å²) >= 11 is 0. The lowest BCUT2D eigenvalue weighted by Gasteiger charge is -2.33. The van der Waals surface area contributed by atoms with Gasteiger partial charge >= 0.3 is 12.1 Å². The van der Waals surface area contributed by atoms with Gasteiger partial charge in [-0.25, -0.2) is 9.59 Å². The van der Waals surface area contributed by atoms with E-state index in [1.165, 1.54) is 4.90 Å². The van der Waals surface area contributed by atoms with Crippen LogP contribution in [0.15, 0.2) is 24.3 Å². The number of carbonyl (C=O) groups excluding carboxylic acids is 6. The molecule has 0 unspecified atom stereocenters. The average molecular weight is 661 g/mol. The molecule has 2 atom stereocenters. The van der Waals surface area contributed by atoms with Crippen LogP contribution in [-0.4, -0.2) is 90.6 Å². The number of amides is 5. The number of anilines is 1. The fraction of sp³-hybridized carbons (Fsp3) is 0.647. The summed E-state index contributed by atoms with van der Waals surface area (Å²) in [5.41, 5.74) is 6.37. The Balaban J connectivity index is 2.85. The third kappa shape index (κ3) is 16.4. The Morgan fingerprint density at radius 2 is 1.60 bits per heavy atom. The number of nitrogens with zero attached hydrogens (tertiary/aromatic N) is 2. The van der Waals surface area contributed by atoms with E-state index in [-0.39, 0.29) is 67.8 Å². The van der Waals surface area contributed by atoms with Gasteiger partial charge in [0.15, 0.2) is 5.78 Å². The molecule has 5 amide bonds. The zero-order valence-electron chi connectivity index (χ0n) is 29.4. The Morgan fingerprint density at radius 1 is 0.957 bits per heavy atom. The van der Waals surface area contributed by atoms with Crippen LogP contribution in [0.2, 0.25) is 0 Å². The van der Waals surface area contributed by atoms with Crippen molar-refractivity contribution in [2.75, 3.05) is 39.0 Å². The third-order valence-corrected chi connectivity index (χ3v) is 8.01. The van der Waals surface area contributed by atoms with Gasteiger partial charge in [-0.15, -0.1) is 0 Å². The van der Waals surface area contributed by atoms with Crippen LogP contribution >= 0.6 is 0 Å². The van der Waals surface area contributed by atoms with Gasteiger partial charge in [0.05, 0.1) is 6.04 Å². The number of primary amides is 1. The van der Waals surface area contributed by atoms with Gasteiger partial charge in [-0.3, -0.25) is 24.1 Å². The summed E-state index contributed by atoms with van der Waals surface area (Å²) in [5.74, 6) is -2.10. The minimum atomic E-state index is -0.821. The van der Waals surface area contributed by atoms with Gasteiger partial charge in [-0.2, -0.15) is 0 Å². The highest BCUT2D eigenvalue weighted by atomic mass is 16.6. The maximum absolute atomic E-state index is 13.4. The lowest BCUT2D eigenvalue weighted by Crippen LogP contribution is -2.45. The molecule has 0 spiro atoms. The Bertz CT molecular complexity index is 1200. The van der Waals surface area contributed by atoms with E-state index in [1.807, 2.05) is 7.05 Å². The number of nitrogens with two attached hydrogens (primary N) is 1. The number of hydrogen-bond acceptors (Lipinski definition) is 8. The van der Waals surface area contributed by atoms with Gasteiger partial charge in [0.25, 0.3) is 0 Å². The van der Waals surface area contributed by atoms with Crippen molar-refractivity contribution in [2.24, 2.45) is 17.6 Å². The van der Waals surface area contributed by atoms with Crippen LogP contribution in [0.4, 0.5) is 15.3 Å². The lowest BCUT2D eigenvalue weighted by atomic mass is 9.89. The van der Waals surface area contributed by atoms with Crippen LogP contribution in [0, 0.1) is 11.8 Å². The van der Waals surface area contributed by atoms with Crippen molar-refractivity contribution in [3.8, 4) is 0 Å². The summed E-state index contributed by atoms with van der Waals surface area (Å²) in [4.78, 5) is 78.1. The zero-order valence-corrected chi connectivity index (χ0v) is 29.4. The summed E-state index contributed by atoms with van der Waals surface area (Å²) in [5, 5.41) is 8.07. The molecule has 0 aliphatic rings. The van der Waals surface area contributed by atoms with Crippen molar-refractivity contribution in [3.05, 3.63) is 29.8 Å². The third-order valence-electron chi connectivity index (χ3n) is 8.01. The number of likely N-dealkylation sites (N-methyl/N-ethyl adjacent to an activating group) is 2. The molecule has 0 saturated carbocycles. The highest BCUT2D eigenvalue weighted by Crippen LogP contribution is 2.20. The SMILES string of the molecule is CCC(=O)CCC(=O)N[C@H](C(=O)C[C@@H](CCCNC(N)=O)C(=O)Nc1ccc(COC(=O)N(C)CCN(C)C(C)(C)C)cc1)C(C)C. The van der Waals surface area contributed by atoms with Crippen LogP contribution in [0.3, 0.4) is 0 Å². The van der Waals surface area contributed by atoms with Gasteiger partial charge < -0.3 is 31.3 Å². The Labute approximate surface area is 279 Å². The van der Waals surface area contributed by atoms with Gasteiger partial charge in [-0.1, -0.05) is 32.9 Å². The zero-order chi connectivity index (χ0) is 35.7. The first-order valence-electron chi connectivity index (χ1n) is 16.3. The van der Waals surface area contributed by atoms with E-state index in [4.69, 9.17) is 10.5 Å². The molecule has 0 heterocycles. The minimum absolute atomic E-state index is 0.00713. The predicted molar refractivity (Wildman–Crippen MR) is 182 cm³/mol. The molecule has 47 heavy (non-hydrogen) atoms. The maximum atomic E-state index is 13.4. The standard InChI is InChI=1S/C34H56N6O7/c1-9-27(41)16-17-29(43)38-30(23(2)3)28(42)21-25(11-10-18-36-32(35)45)31(44)37-26-14-12-24(13-15-26)22-47-33(46)39(7)19-20-40(8)34(4,5)6/h12-15,23,25,30H,9-11,16-22H2,1-8H3,(H,37,44)(H,38,43)(H3,35,36,45)/t25-,30+/m1/s1. The molecule has 5 N–H and O–H groups in total. The van der Waals surface area contributed by atoms with Crippen molar-refractivity contribution in [3.63, 3.8) is 0 Å². The second-order valence-corrected chi connectivity index (χ2v) is 13.2. The Morgan fingerprint density at radius 3 is 2.15 bits per heavy atom. The topological polar surface area (TPSA) is 180 Å². The quantitative estimate of drug-likeness (QED) is 0.152. The van der Waals surface area contributed by atoms with Crippen molar-refractivity contribution < 1.29 is 33.5 Å². The number of ketones is 2. The summed E-state index contributed by atoms with van der Waals surface area (Å²) in [6.07, 6.45) is 0.553. The van der Waals surface area contributed by atoms with Crippen LogP contribution in [-0.2, 0) is 30.5 Å². The highest BCUT2D eigenvalue weighted by Gasteiger charge is 2.29. The number of carbonyl (C=O) groups is 6. The molecule has 13 heteroatoms. The van der Waals surface area contributed by atoms with E-state index >= 15 is 0 Å². The number of rotatable bonds is 20. The molecule has 0 aromatic heterocycles. The molecule has 0 aliphatic heterocycles. The lowest BCUT2D eigenvalue weighted by molar-refractivity contribution is -0.131. The Kier molecular flexibility index (Phi) is 17.7. The van der Waals surface area contributed by atoms with E-state index in [9.17, 15) is 28.8 Å². The van der Waals surface area contributed by atoms with Crippen molar-refractivity contribution in [2.45, 2.75) is 98.3 Å². The normalized spacial score (nSPS) is 12.6. The second-order valence-electron chi connectivity index (χ2n) is 13.2.